The lowest BCUT2D eigenvalue weighted by molar-refractivity contribution is 0.0596. The highest BCUT2D eigenvalue weighted by Gasteiger charge is 2.28. The van der Waals surface area contributed by atoms with Gasteiger partial charge in [-0.1, -0.05) is 6.92 Å². The van der Waals surface area contributed by atoms with Crippen LogP contribution in [-0.2, 0) is 16.0 Å². The number of nitrogens with two attached hydrogens (primary N) is 1. The highest BCUT2D eigenvalue weighted by Crippen LogP contribution is 2.26. The molecule has 0 spiro atoms. The van der Waals surface area contributed by atoms with Gasteiger partial charge in [0.2, 0.25) is 0 Å². The average molecular weight is 253 g/mol. The van der Waals surface area contributed by atoms with Crippen LogP contribution >= 0.6 is 0 Å². The molecule has 0 aliphatic carbocycles. The summed E-state index contributed by atoms with van der Waals surface area (Å²) in [5.74, 6) is 0.293. The number of imidazole rings is 1. The summed E-state index contributed by atoms with van der Waals surface area (Å²) >= 11 is 0. The molecule has 2 N–H and O–H groups in total. The topological polar surface area (TPSA) is 79.4 Å². The predicted octanol–water partition coefficient (Wildman–Crippen LogP) is 1.07. The van der Waals surface area contributed by atoms with Crippen LogP contribution in [-0.4, -0.2) is 35.3 Å². The van der Waals surface area contributed by atoms with E-state index in [-0.39, 0.29) is 11.8 Å². The maximum atomic E-state index is 11.4. The van der Waals surface area contributed by atoms with E-state index >= 15 is 0 Å². The number of hydrogen-bond donors (Lipinski definition) is 1. The number of methoxy groups -OCH3 is 1. The van der Waals surface area contributed by atoms with Crippen molar-refractivity contribution in [3.05, 3.63) is 12.0 Å². The molecular weight excluding hydrogens is 234 g/mol. The van der Waals surface area contributed by atoms with Gasteiger partial charge < -0.3 is 19.8 Å². The number of ether oxygens (including phenoxy) is 2. The Morgan fingerprint density at radius 1 is 1.72 bits per heavy atom. The fourth-order valence-corrected chi connectivity index (χ4v) is 2.40. The number of nitrogens with zero attached hydrogens (tertiary/aromatic N) is 2. The van der Waals surface area contributed by atoms with Crippen molar-refractivity contribution in [1.82, 2.24) is 9.55 Å². The zero-order valence-electron chi connectivity index (χ0n) is 10.8. The minimum absolute atomic E-state index is 0.185. The van der Waals surface area contributed by atoms with Gasteiger partial charge in [0.1, 0.15) is 5.82 Å². The number of rotatable bonds is 4. The first-order valence-corrected chi connectivity index (χ1v) is 6.17. The van der Waals surface area contributed by atoms with Gasteiger partial charge in [-0.25, -0.2) is 9.78 Å². The largest absolute Gasteiger partial charge is 0.464 e. The van der Waals surface area contributed by atoms with Crippen LogP contribution in [0, 0.1) is 5.92 Å². The molecule has 1 aliphatic rings. The van der Waals surface area contributed by atoms with Crippen molar-refractivity contribution in [2.45, 2.75) is 32.4 Å². The van der Waals surface area contributed by atoms with Gasteiger partial charge in [-0.2, -0.15) is 0 Å². The third-order valence-electron chi connectivity index (χ3n) is 3.44. The second kappa shape index (κ2) is 5.39. The summed E-state index contributed by atoms with van der Waals surface area (Å²) in [6.07, 6.45) is 3.87. The van der Waals surface area contributed by atoms with Gasteiger partial charge in [0.15, 0.2) is 5.69 Å². The quantitative estimate of drug-likeness (QED) is 0.812. The summed E-state index contributed by atoms with van der Waals surface area (Å²) in [7, 11) is 1.32. The maximum absolute atomic E-state index is 11.4. The van der Waals surface area contributed by atoms with E-state index in [1.54, 1.807) is 10.9 Å². The molecule has 2 rings (SSSR count). The van der Waals surface area contributed by atoms with E-state index in [9.17, 15) is 4.79 Å². The van der Waals surface area contributed by atoms with Crippen LogP contribution in [0.25, 0.3) is 0 Å². The van der Waals surface area contributed by atoms with Crippen LogP contribution in [0.2, 0.25) is 0 Å². The normalized spacial score (nSPS) is 23.2. The number of carbonyl (C=O) groups excluding carboxylic acids is 1. The molecular formula is C12H19N3O3. The Morgan fingerprint density at radius 2 is 2.50 bits per heavy atom. The van der Waals surface area contributed by atoms with Gasteiger partial charge in [-0.15, -0.1) is 0 Å². The van der Waals surface area contributed by atoms with Gasteiger partial charge in [0, 0.05) is 19.1 Å². The van der Waals surface area contributed by atoms with Crippen LogP contribution in [0.4, 0.5) is 5.82 Å². The lowest BCUT2D eigenvalue weighted by Gasteiger charge is -2.17. The molecule has 0 radical (unpaired) electrons. The van der Waals surface area contributed by atoms with E-state index in [1.165, 1.54) is 7.11 Å². The SMILES string of the molecule is CCC1OCCC1Cn1cnc(C(=O)OC)c1N. The number of aromatic nitrogens is 2. The Hall–Kier alpha value is -1.56. The number of anilines is 1. The van der Waals surface area contributed by atoms with Gasteiger partial charge in [0.25, 0.3) is 0 Å². The summed E-state index contributed by atoms with van der Waals surface area (Å²) in [5.41, 5.74) is 6.09. The van der Waals surface area contributed by atoms with Crippen LogP contribution in [0.15, 0.2) is 6.33 Å². The monoisotopic (exact) mass is 253 g/mol. The Bertz CT molecular complexity index is 430. The summed E-state index contributed by atoms with van der Waals surface area (Å²) in [6, 6.07) is 0. The molecule has 6 heteroatoms. The third-order valence-corrected chi connectivity index (χ3v) is 3.44. The minimum Gasteiger partial charge on any atom is -0.464 e. The fourth-order valence-electron chi connectivity index (χ4n) is 2.40. The van der Waals surface area contributed by atoms with Crippen molar-refractivity contribution in [2.75, 3.05) is 19.5 Å². The third kappa shape index (κ3) is 2.33. The van der Waals surface area contributed by atoms with Crippen molar-refractivity contribution in [1.29, 1.82) is 0 Å². The molecule has 0 saturated carbocycles. The first-order valence-electron chi connectivity index (χ1n) is 6.17. The second-order valence-corrected chi connectivity index (χ2v) is 4.49. The molecule has 18 heavy (non-hydrogen) atoms. The molecule has 1 aromatic heterocycles. The Balaban J connectivity index is 2.10. The molecule has 2 heterocycles. The van der Waals surface area contributed by atoms with Crippen LogP contribution in [0.5, 0.6) is 0 Å². The van der Waals surface area contributed by atoms with E-state index in [2.05, 4.69) is 16.6 Å². The van der Waals surface area contributed by atoms with Gasteiger partial charge >= 0.3 is 5.97 Å². The van der Waals surface area contributed by atoms with E-state index in [4.69, 9.17) is 10.5 Å². The number of hydrogen-bond acceptors (Lipinski definition) is 5. The Morgan fingerprint density at radius 3 is 3.17 bits per heavy atom. The van der Waals surface area contributed by atoms with Crippen molar-refractivity contribution >= 4 is 11.8 Å². The van der Waals surface area contributed by atoms with Crippen LogP contribution < -0.4 is 5.73 Å². The Labute approximate surface area is 106 Å². The molecule has 1 saturated heterocycles. The lowest BCUT2D eigenvalue weighted by Crippen LogP contribution is -2.21. The molecule has 100 valence electrons. The van der Waals surface area contributed by atoms with Crippen LogP contribution in [0.3, 0.4) is 0 Å². The van der Waals surface area contributed by atoms with Crippen molar-refractivity contribution in [2.24, 2.45) is 5.92 Å². The molecule has 6 nitrogen and oxygen atoms in total. The molecule has 1 aromatic rings. The summed E-state index contributed by atoms with van der Waals surface area (Å²) < 4.78 is 12.1. The maximum Gasteiger partial charge on any atom is 0.360 e. The number of carbonyl (C=O) groups is 1. The van der Waals surface area contributed by atoms with E-state index < -0.39 is 5.97 Å². The first-order chi connectivity index (χ1) is 8.67. The summed E-state index contributed by atoms with van der Waals surface area (Å²) in [5, 5.41) is 0. The molecule has 1 aliphatic heterocycles. The number of esters is 1. The van der Waals surface area contributed by atoms with Gasteiger partial charge in [-0.05, 0) is 12.8 Å². The van der Waals surface area contributed by atoms with Crippen molar-refractivity contribution in [3.8, 4) is 0 Å². The van der Waals surface area contributed by atoms with Gasteiger partial charge in [0.05, 0.1) is 19.5 Å². The average Bonchev–Trinajstić information content (AvgIpc) is 2.97. The zero-order chi connectivity index (χ0) is 13.1. The van der Waals surface area contributed by atoms with Crippen LogP contribution in [0.1, 0.15) is 30.3 Å². The predicted molar refractivity (Wildman–Crippen MR) is 66.1 cm³/mol. The summed E-state index contributed by atoms with van der Waals surface area (Å²) in [6.45, 7) is 3.64. The van der Waals surface area contributed by atoms with E-state index in [0.29, 0.717) is 11.7 Å². The van der Waals surface area contributed by atoms with Crippen molar-refractivity contribution in [3.63, 3.8) is 0 Å². The van der Waals surface area contributed by atoms with Gasteiger partial charge in [-0.3, -0.25) is 0 Å². The molecule has 0 aromatic carbocycles. The highest BCUT2D eigenvalue weighted by molar-refractivity contribution is 5.91. The van der Waals surface area contributed by atoms with E-state index in [1.807, 2.05) is 0 Å². The second-order valence-electron chi connectivity index (χ2n) is 4.49. The van der Waals surface area contributed by atoms with E-state index in [0.717, 1.165) is 26.0 Å². The Kier molecular flexibility index (Phi) is 3.86. The molecule has 1 fully saturated rings. The zero-order valence-corrected chi connectivity index (χ0v) is 10.8. The summed E-state index contributed by atoms with van der Waals surface area (Å²) in [4.78, 5) is 15.4. The molecule has 2 atom stereocenters. The first kappa shape index (κ1) is 12.9. The lowest BCUT2D eigenvalue weighted by atomic mass is 10.00. The minimum atomic E-state index is -0.499. The number of nitrogen functional groups attached to an aromatic ring is 1. The highest BCUT2D eigenvalue weighted by atomic mass is 16.5. The smallest absolute Gasteiger partial charge is 0.360 e. The molecule has 2 unspecified atom stereocenters. The fraction of sp³-hybridized carbons (Fsp3) is 0.667. The standard InChI is InChI=1S/C12H19N3O3/c1-3-9-8(4-5-18-9)6-15-7-14-10(11(15)13)12(16)17-2/h7-9H,3-6,13H2,1-2H3. The van der Waals surface area contributed by atoms with Crippen molar-refractivity contribution < 1.29 is 14.3 Å². The molecule has 0 amide bonds. The molecule has 0 bridgehead atoms.